The van der Waals surface area contributed by atoms with Crippen molar-refractivity contribution in [2.45, 2.75) is 19.5 Å². The topological polar surface area (TPSA) is 12.0 Å². The van der Waals surface area contributed by atoms with E-state index in [4.69, 9.17) is 0 Å². The molecule has 0 aliphatic heterocycles. The summed E-state index contributed by atoms with van der Waals surface area (Å²) in [4.78, 5) is 0. The summed E-state index contributed by atoms with van der Waals surface area (Å²) in [6.45, 7) is 6.75. The lowest BCUT2D eigenvalue weighted by Gasteiger charge is -2.09. The maximum atomic E-state index is 3.76. The monoisotopic (exact) mass is 211 g/mol. The first kappa shape index (κ1) is 10.9. The molecule has 2 aromatic rings. The molecule has 16 heavy (non-hydrogen) atoms. The summed E-state index contributed by atoms with van der Waals surface area (Å²) in [6, 6.07) is 15.4. The molecule has 0 saturated heterocycles. The van der Waals surface area contributed by atoms with Crippen molar-refractivity contribution in [3.05, 3.63) is 60.7 Å². The Labute approximate surface area is 96.8 Å². The van der Waals surface area contributed by atoms with Gasteiger partial charge in [0.15, 0.2) is 0 Å². The van der Waals surface area contributed by atoms with Gasteiger partial charge in [-0.05, 0) is 29.3 Å². The Morgan fingerprint density at radius 1 is 1.19 bits per heavy atom. The van der Waals surface area contributed by atoms with E-state index in [0.29, 0.717) is 6.04 Å². The minimum Gasteiger partial charge on any atom is -0.307 e. The first-order chi connectivity index (χ1) is 7.79. The highest BCUT2D eigenvalue weighted by molar-refractivity contribution is 5.82. The van der Waals surface area contributed by atoms with Gasteiger partial charge >= 0.3 is 0 Å². The lowest BCUT2D eigenvalue weighted by atomic mass is 10.1. The molecular formula is C15H17N. The Morgan fingerprint density at radius 2 is 1.94 bits per heavy atom. The van der Waals surface area contributed by atoms with Gasteiger partial charge in [0.05, 0.1) is 0 Å². The Kier molecular flexibility index (Phi) is 3.37. The number of fused-ring (bicyclic) bond motifs is 1. The SMILES string of the molecule is C=CC(C)NCc1ccc2ccccc2c1. The molecule has 1 atom stereocenters. The third kappa shape index (κ3) is 2.50. The standard InChI is InChI=1S/C15H17N/c1-3-12(2)16-11-13-8-9-14-6-4-5-7-15(14)10-13/h3-10,12,16H,1,11H2,2H3. The van der Waals surface area contributed by atoms with Crippen LogP contribution in [0.25, 0.3) is 10.8 Å². The maximum Gasteiger partial charge on any atom is 0.0222 e. The molecule has 1 heteroatoms. The third-order valence-electron chi connectivity index (χ3n) is 2.80. The maximum absolute atomic E-state index is 3.76. The minimum absolute atomic E-state index is 0.353. The molecule has 2 aromatic carbocycles. The van der Waals surface area contributed by atoms with Gasteiger partial charge in [-0.1, -0.05) is 42.5 Å². The van der Waals surface area contributed by atoms with Crippen LogP contribution in [0.3, 0.4) is 0 Å². The van der Waals surface area contributed by atoms with Crippen molar-refractivity contribution < 1.29 is 0 Å². The molecule has 0 aliphatic carbocycles. The van der Waals surface area contributed by atoms with Gasteiger partial charge in [-0.3, -0.25) is 0 Å². The van der Waals surface area contributed by atoms with Crippen LogP contribution < -0.4 is 5.32 Å². The molecule has 0 radical (unpaired) electrons. The normalized spacial score (nSPS) is 12.6. The van der Waals surface area contributed by atoms with Crippen LogP contribution in [0.1, 0.15) is 12.5 Å². The van der Waals surface area contributed by atoms with E-state index in [1.807, 2.05) is 6.08 Å². The van der Waals surface area contributed by atoms with Gasteiger partial charge in [-0.25, -0.2) is 0 Å². The summed E-state index contributed by atoms with van der Waals surface area (Å²) in [6.07, 6.45) is 1.92. The highest BCUT2D eigenvalue weighted by Crippen LogP contribution is 2.15. The number of nitrogens with one attached hydrogen (secondary N) is 1. The zero-order chi connectivity index (χ0) is 11.4. The highest BCUT2D eigenvalue weighted by atomic mass is 14.9. The van der Waals surface area contributed by atoms with Crippen LogP contribution >= 0.6 is 0 Å². The van der Waals surface area contributed by atoms with Crippen LogP contribution in [-0.2, 0) is 6.54 Å². The van der Waals surface area contributed by atoms with Crippen molar-refractivity contribution in [2.24, 2.45) is 0 Å². The molecular weight excluding hydrogens is 194 g/mol. The van der Waals surface area contributed by atoms with Gasteiger partial charge in [0.2, 0.25) is 0 Å². The van der Waals surface area contributed by atoms with Gasteiger partial charge < -0.3 is 5.32 Å². The molecule has 0 saturated carbocycles. The molecule has 82 valence electrons. The molecule has 2 rings (SSSR count). The summed E-state index contributed by atoms with van der Waals surface area (Å²) in [5, 5.41) is 5.99. The van der Waals surface area contributed by atoms with Gasteiger partial charge in [0.1, 0.15) is 0 Å². The van der Waals surface area contributed by atoms with E-state index >= 15 is 0 Å². The van der Waals surface area contributed by atoms with Crippen LogP contribution in [0.5, 0.6) is 0 Å². The minimum atomic E-state index is 0.353. The summed E-state index contributed by atoms with van der Waals surface area (Å²) < 4.78 is 0. The molecule has 1 unspecified atom stereocenters. The van der Waals surface area contributed by atoms with E-state index in [9.17, 15) is 0 Å². The van der Waals surface area contributed by atoms with E-state index in [-0.39, 0.29) is 0 Å². The number of hydrogen-bond acceptors (Lipinski definition) is 1. The summed E-state index contributed by atoms with van der Waals surface area (Å²) in [5.41, 5.74) is 1.31. The Morgan fingerprint density at radius 3 is 2.69 bits per heavy atom. The third-order valence-corrected chi connectivity index (χ3v) is 2.80. The van der Waals surface area contributed by atoms with E-state index in [2.05, 4.69) is 61.3 Å². The fourth-order valence-electron chi connectivity index (χ4n) is 1.71. The zero-order valence-electron chi connectivity index (χ0n) is 9.61. The quantitative estimate of drug-likeness (QED) is 0.763. The van der Waals surface area contributed by atoms with Crippen molar-refractivity contribution in [1.82, 2.24) is 5.32 Å². The van der Waals surface area contributed by atoms with Gasteiger partial charge in [0, 0.05) is 12.6 Å². The molecule has 1 nitrogen and oxygen atoms in total. The van der Waals surface area contributed by atoms with E-state index < -0.39 is 0 Å². The summed E-state index contributed by atoms with van der Waals surface area (Å²) in [5.74, 6) is 0. The zero-order valence-corrected chi connectivity index (χ0v) is 9.61. The second kappa shape index (κ2) is 4.95. The average molecular weight is 211 g/mol. The van der Waals surface area contributed by atoms with Crippen LogP contribution in [0.4, 0.5) is 0 Å². The average Bonchev–Trinajstić information content (AvgIpc) is 2.35. The van der Waals surface area contributed by atoms with Gasteiger partial charge in [-0.2, -0.15) is 0 Å². The summed E-state index contributed by atoms with van der Waals surface area (Å²) in [7, 11) is 0. The van der Waals surface area contributed by atoms with Crippen molar-refractivity contribution in [1.29, 1.82) is 0 Å². The molecule has 0 bridgehead atoms. The van der Waals surface area contributed by atoms with Crippen LogP contribution in [0, 0.1) is 0 Å². The lowest BCUT2D eigenvalue weighted by molar-refractivity contribution is 0.634. The van der Waals surface area contributed by atoms with Crippen LogP contribution in [-0.4, -0.2) is 6.04 Å². The van der Waals surface area contributed by atoms with Crippen LogP contribution in [0.2, 0.25) is 0 Å². The predicted octanol–water partition coefficient (Wildman–Crippen LogP) is 3.50. The van der Waals surface area contributed by atoms with E-state index in [0.717, 1.165) is 6.54 Å². The van der Waals surface area contributed by atoms with Crippen molar-refractivity contribution in [2.75, 3.05) is 0 Å². The largest absolute Gasteiger partial charge is 0.307 e. The number of hydrogen-bond donors (Lipinski definition) is 1. The van der Waals surface area contributed by atoms with E-state index in [1.165, 1.54) is 16.3 Å². The Bertz CT molecular complexity index is 488. The first-order valence-corrected chi connectivity index (χ1v) is 5.63. The van der Waals surface area contributed by atoms with E-state index in [1.54, 1.807) is 0 Å². The fraction of sp³-hybridized carbons (Fsp3) is 0.200. The molecule has 0 amide bonds. The predicted molar refractivity (Wildman–Crippen MR) is 70.4 cm³/mol. The highest BCUT2D eigenvalue weighted by Gasteiger charge is 1.98. The number of rotatable bonds is 4. The molecule has 0 aliphatic rings. The molecule has 0 spiro atoms. The summed E-state index contributed by atoms with van der Waals surface area (Å²) >= 11 is 0. The Hall–Kier alpha value is -1.60. The molecule has 0 fully saturated rings. The van der Waals surface area contributed by atoms with Crippen molar-refractivity contribution in [3.63, 3.8) is 0 Å². The van der Waals surface area contributed by atoms with Crippen molar-refractivity contribution in [3.8, 4) is 0 Å². The molecule has 0 heterocycles. The fourth-order valence-corrected chi connectivity index (χ4v) is 1.71. The second-order valence-electron chi connectivity index (χ2n) is 4.09. The molecule has 1 N–H and O–H groups in total. The van der Waals surface area contributed by atoms with Crippen molar-refractivity contribution >= 4 is 10.8 Å². The van der Waals surface area contributed by atoms with Crippen LogP contribution in [0.15, 0.2) is 55.1 Å². The second-order valence-corrected chi connectivity index (χ2v) is 4.09. The van der Waals surface area contributed by atoms with Gasteiger partial charge in [-0.15, -0.1) is 6.58 Å². The number of benzene rings is 2. The van der Waals surface area contributed by atoms with Gasteiger partial charge in [0.25, 0.3) is 0 Å². The smallest absolute Gasteiger partial charge is 0.0222 e. The lowest BCUT2D eigenvalue weighted by Crippen LogP contribution is -2.22. The molecule has 0 aromatic heterocycles. The first-order valence-electron chi connectivity index (χ1n) is 5.63. The Balaban J connectivity index is 2.16.